The van der Waals surface area contributed by atoms with Crippen LogP contribution >= 0.6 is 11.6 Å². The van der Waals surface area contributed by atoms with E-state index in [1.54, 1.807) is 21.2 Å². The van der Waals surface area contributed by atoms with Gasteiger partial charge in [-0.1, -0.05) is 49.2 Å². The van der Waals surface area contributed by atoms with Crippen molar-refractivity contribution in [3.05, 3.63) is 63.1 Å². The van der Waals surface area contributed by atoms with Gasteiger partial charge in [-0.2, -0.15) is 20.3 Å². The molecule has 6 heterocycles. The van der Waals surface area contributed by atoms with Crippen LogP contribution in [0.15, 0.2) is 24.3 Å². The molecule has 262 valence electrons. The van der Waals surface area contributed by atoms with Crippen LogP contribution in [0.1, 0.15) is 83.6 Å². The van der Waals surface area contributed by atoms with Gasteiger partial charge in [0.05, 0.1) is 42.7 Å². The van der Waals surface area contributed by atoms with E-state index < -0.39 is 6.17 Å². The number of amides is 1. The molecule has 3 atom stereocenters. The van der Waals surface area contributed by atoms with Crippen molar-refractivity contribution < 1.29 is 13.9 Å². The lowest BCUT2D eigenvalue weighted by Crippen LogP contribution is -2.37. The average molecular weight is 692 g/mol. The highest BCUT2D eigenvalue weighted by molar-refractivity contribution is 6.34. The normalized spacial score (nSPS) is 21.9. The van der Waals surface area contributed by atoms with Gasteiger partial charge in [0.1, 0.15) is 12.0 Å². The summed E-state index contributed by atoms with van der Waals surface area (Å²) in [6.07, 6.45) is 6.30. The molecule has 49 heavy (non-hydrogen) atoms. The summed E-state index contributed by atoms with van der Waals surface area (Å²) in [6, 6.07) is 11.8. The second kappa shape index (κ2) is 15.4. The number of carbonyl (C=O) groups excluding carboxylic acids is 1. The lowest BCUT2D eigenvalue weighted by molar-refractivity contribution is 0.0821. The highest BCUT2D eigenvalue weighted by atomic mass is 35.5. The number of anilines is 1. The van der Waals surface area contributed by atoms with E-state index in [-0.39, 0.29) is 17.6 Å². The third-order valence-corrected chi connectivity index (χ3v) is 10.5. The summed E-state index contributed by atoms with van der Waals surface area (Å²) < 4.78 is 20.0. The third kappa shape index (κ3) is 7.39. The van der Waals surface area contributed by atoms with Crippen molar-refractivity contribution >= 4 is 23.3 Å². The minimum absolute atomic E-state index is 0.0296. The van der Waals surface area contributed by atoms with Gasteiger partial charge >= 0.3 is 6.01 Å². The predicted molar refractivity (Wildman–Crippen MR) is 187 cm³/mol. The Morgan fingerprint density at radius 3 is 2.71 bits per heavy atom. The van der Waals surface area contributed by atoms with Crippen LogP contribution in [-0.4, -0.2) is 100.0 Å². The number of ether oxygens (including phenoxy) is 1. The van der Waals surface area contributed by atoms with Crippen LogP contribution in [0.2, 0.25) is 5.02 Å². The average Bonchev–Trinajstić information content (AvgIpc) is 3.72. The van der Waals surface area contributed by atoms with Crippen LogP contribution < -0.4 is 9.64 Å². The molecule has 0 spiro atoms. The molecule has 0 N–H and O–H groups in total. The van der Waals surface area contributed by atoms with Crippen LogP contribution in [0, 0.1) is 11.3 Å². The molecule has 0 aliphatic carbocycles. The quantitative estimate of drug-likeness (QED) is 0.309. The maximum atomic E-state index is 12.7. The topological polar surface area (TPSA) is 107 Å². The molecule has 4 aliphatic heterocycles. The molecule has 3 unspecified atom stereocenters. The molecule has 3 aromatic rings. The van der Waals surface area contributed by atoms with Crippen LogP contribution in [-0.2, 0) is 32.5 Å². The second-order valence-corrected chi connectivity index (χ2v) is 14.0. The van der Waals surface area contributed by atoms with Crippen LogP contribution in [0.5, 0.6) is 6.01 Å². The number of methoxy groups -OCH3 is 1. The first-order valence-electron chi connectivity index (χ1n) is 17.4. The Balaban J connectivity index is 0.000000396. The van der Waals surface area contributed by atoms with Crippen molar-refractivity contribution in [2.75, 3.05) is 52.3 Å². The Bertz CT molecular complexity index is 1680. The van der Waals surface area contributed by atoms with Gasteiger partial charge in [0.25, 0.3) is 5.91 Å². The fourth-order valence-electron chi connectivity index (χ4n) is 7.76. The summed E-state index contributed by atoms with van der Waals surface area (Å²) in [5.74, 6) is 0.552. The Morgan fingerprint density at radius 2 is 1.98 bits per heavy atom. The largest absolute Gasteiger partial charge is 0.467 e. The lowest BCUT2D eigenvalue weighted by Gasteiger charge is -2.38. The fraction of sp³-hybridized carbons (Fsp3) is 0.583. The Kier molecular flexibility index (Phi) is 11.0. The van der Waals surface area contributed by atoms with Gasteiger partial charge in [-0.05, 0) is 49.8 Å². The lowest BCUT2D eigenvalue weighted by atomic mass is 9.89. The van der Waals surface area contributed by atoms with E-state index in [2.05, 4.69) is 57.1 Å². The van der Waals surface area contributed by atoms with E-state index in [1.807, 2.05) is 4.68 Å². The van der Waals surface area contributed by atoms with Gasteiger partial charge in [0.2, 0.25) is 0 Å². The number of aromatic nitrogens is 4. The molecule has 13 heteroatoms. The number of nitriles is 1. The van der Waals surface area contributed by atoms with Gasteiger partial charge in [0.15, 0.2) is 5.69 Å². The summed E-state index contributed by atoms with van der Waals surface area (Å²) >= 11 is 6.74. The fourth-order valence-corrected chi connectivity index (χ4v) is 8.04. The molecular weight excluding hydrogens is 645 g/mol. The number of rotatable bonds is 7. The molecule has 2 aromatic heterocycles. The molecule has 0 bridgehead atoms. The first-order chi connectivity index (χ1) is 23.7. The molecular formula is C36H47ClFN9O2. The number of fused-ring (bicyclic) bond motifs is 3. The molecule has 7 rings (SSSR count). The highest BCUT2D eigenvalue weighted by Crippen LogP contribution is 2.39. The number of alkyl halides is 1. The summed E-state index contributed by atoms with van der Waals surface area (Å²) in [5, 5.41) is 14.7. The molecule has 0 radical (unpaired) electrons. The Morgan fingerprint density at radius 1 is 1.16 bits per heavy atom. The number of carbonyl (C=O) groups is 1. The maximum Gasteiger partial charge on any atom is 0.318 e. The minimum atomic E-state index is -0.518. The van der Waals surface area contributed by atoms with Crippen LogP contribution in [0.25, 0.3) is 0 Å². The number of hydrogen-bond donors (Lipinski definition) is 0. The second-order valence-electron chi connectivity index (χ2n) is 13.6. The number of hydrogen-bond acceptors (Lipinski definition) is 9. The minimum Gasteiger partial charge on any atom is -0.467 e. The number of halogens is 2. The SMILES string of the molecule is CCCc1ccccc1C1Cc2nc(OC)nc(N3CCCn4nc(C(=O)N(C)C)c(Cl)c4C3)c2CN1CC#N.FC1CC2CCCN2C1. The Hall–Kier alpha value is -3.79. The maximum absolute atomic E-state index is 12.7. The van der Waals surface area contributed by atoms with E-state index in [4.69, 9.17) is 26.3 Å². The van der Waals surface area contributed by atoms with Crippen molar-refractivity contribution in [3.8, 4) is 12.1 Å². The first kappa shape index (κ1) is 35.1. The van der Waals surface area contributed by atoms with Crippen LogP contribution in [0.3, 0.4) is 0 Å². The van der Waals surface area contributed by atoms with Gasteiger partial charge in [-0.15, -0.1) is 0 Å². The molecule has 11 nitrogen and oxygen atoms in total. The van der Waals surface area contributed by atoms with E-state index in [0.717, 1.165) is 61.5 Å². The monoisotopic (exact) mass is 691 g/mol. The van der Waals surface area contributed by atoms with E-state index >= 15 is 0 Å². The summed E-state index contributed by atoms with van der Waals surface area (Å²) in [5.41, 5.74) is 5.52. The van der Waals surface area contributed by atoms with Crippen molar-refractivity contribution in [1.29, 1.82) is 5.26 Å². The molecule has 4 aliphatic rings. The van der Waals surface area contributed by atoms with Gasteiger partial charge in [-0.25, -0.2) is 4.39 Å². The van der Waals surface area contributed by atoms with Crippen molar-refractivity contribution in [3.63, 3.8) is 0 Å². The Labute approximate surface area is 293 Å². The van der Waals surface area contributed by atoms with Gasteiger partial charge in [-0.3, -0.25) is 19.3 Å². The third-order valence-electron chi connectivity index (χ3n) is 10.1. The van der Waals surface area contributed by atoms with Gasteiger partial charge < -0.3 is 14.5 Å². The van der Waals surface area contributed by atoms with E-state index in [9.17, 15) is 14.4 Å². The summed E-state index contributed by atoms with van der Waals surface area (Å²) in [6.45, 7) is 6.70. The van der Waals surface area contributed by atoms with E-state index in [0.29, 0.717) is 56.2 Å². The van der Waals surface area contributed by atoms with Crippen LogP contribution in [0.4, 0.5) is 10.2 Å². The van der Waals surface area contributed by atoms with E-state index in [1.165, 1.54) is 28.9 Å². The summed E-state index contributed by atoms with van der Waals surface area (Å²) in [4.78, 5) is 30.5. The zero-order valence-electron chi connectivity index (χ0n) is 29.0. The number of aryl methyl sites for hydroxylation is 2. The molecule has 1 amide bonds. The molecule has 1 aromatic carbocycles. The van der Waals surface area contributed by atoms with Crippen molar-refractivity contribution in [1.82, 2.24) is 34.4 Å². The first-order valence-corrected chi connectivity index (χ1v) is 17.8. The predicted octanol–water partition coefficient (Wildman–Crippen LogP) is 5.22. The number of benzene rings is 1. The zero-order chi connectivity index (χ0) is 34.7. The van der Waals surface area contributed by atoms with Gasteiger partial charge in [0, 0.05) is 64.3 Å². The zero-order valence-corrected chi connectivity index (χ0v) is 29.8. The van der Waals surface area contributed by atoms with Crippen molar-refractivity contribution in [2.24, 2.45) is 0 Å². The standard InChI is InChI=1S/C29H35ClN8O2.C7H12FN/c1-5-9-19-10-6-7-11-20(19)23-16-22-21(17-36(23)15-12-31)27(33-29(32-22)40-4)37-13-8-14-38-24(18-37)25(30)26(34-38)28(39)35(2)3;8-6-4-7-2-1-3-9(7)5-6/h6-7,10-11,23H,5,8-9,13-18H2,1-4H3;6-7H,1-5H2. The van der Waals surface area contributed by atoms with Crippen molar-refractivity contribution in [2.45, 2.75) is 89.8 Å². The number of nitrogens with zero attached hydrogens (tertiary/aromatic N) is 9. The summed E-state index contributed by atoms with van der Waals surface area (Å²) in [7, 11) is 4.96. The smallest absolute Gasteiger partial charge is 0.318 e. The molecule has 2 saturated heterocycles. The highest BCUT2D eigenvalue weighted by Gasteiger charge is 2.36. The molecule has 2 fully saturated rings. The molecule has 0 saturated carbocycles.